The van der Waals surface area contributed by atoms with Gasteiger partial charge in [-0.25, -0.2) is 9.07 Å². The van der Waals surface area contributed by atoms with Crippen molar-refractivity contribution >= 4 is 13.0 Å². The molecule has 2 heterocycles. The Balaban J connectivity index is 1.32. The normalized spacial score (nSPS) is 15.8. The maximum atomic E-state index is 14.3. The summed E-state index contributed by atoms with van der Waals surface area (Å²) in [5.74, 6) is -0.171. The van der Waals surface area contributed by atoms with Gasteiger partial charge >= 0.3 is 7.12 Å². The third-order valence-corrected chi connectivity index (χ3v) is 10.1. The summed E-state index contributed by atoms with van der Waals surface area (Å²) in [6.45, 7) is 8.19. The molecule has 4 aromatic carbocycles. The van der Waals surface area contributed by atoms with E-state index in [0.717, 1.165) is 35.9 Å². The number of amides is 1. The summed E-state index contributed by atoms with van der Waals surface area (Å²) in [7, 11) is -0.290. The number of benzene rings is 4. The van der Waals surface area contributed by atoms with Crippen LogP contribution in [0.15, 0.2) is 115 Å². The summed E-state index contributed by atoms with van der Waals surface area (Å²) >= 11 is 0. The molecule has 51 heavy (non-hydrogen) atoms. The number of rotatable bonds is 15. The third kappa shape index (κ3) is 8.11. The van der Waals surface area contributed by atoms with Crippen molar-refractivity contribution in [2.45, 2.75) is 89.1 Å². The highest BCUT2D eigenvalue weighted by atomic mass is 19.1. The SMILES string of the molecule is CC1(C)OB(CCCCC(NC(c2ccccc2)(c2ccccc2)c2ccccc2)c2nnnn2CC(=O)NCc2ccccc2F)OC1(C)C. The molecule has 5 aromatic rings. The van der Waals surface area contributed by atoms with Crippen LogP contribution in [0.2, 0.25) is 6.32 Å². The molecule has 1 aromatic heterocycles. The van der Waals surface area contributed by atoms with Crippen LogP contribution in [0.3, 0.4) is 0 Å². The number of tetrazole rings is 1. The molecule has 1 aliphatic rings. The first-order valence-electron chi connectivity index (χ1n) is 17.7. The first-order valence-corrected chi connectivity index (χ1v) is 17.7. The van der Waals surface area contributed by atoms with Gasteiger partial charge in [-0.15, -0.1) is 5.10 Å². The number of halogens is 1. The molecular weight excluding hydrogens is 642 g/mol. The van der Waals surface area contributed by atoms with Crippen molar-refractivity contribution in [3.63, 3.8) is 0 Å². The molecule has 0 spiro atoms. The van der Waals surface area contributed by atoms with Crippen molar-refractivity contribution in [2.75, 3.05) is 0 Å². The fourth-order valence-corrected chi connectivity index (χ4v) is 6.69. The Bertz CT molecular complexity index is 1760. The zero-order valence-corrected chi connectivity index (χ0v) is 29.8. The summed E-state index contributed by atoms with van der Waals surface area (Å²) < 4.78 is 28.4. The minimum absolute atomic E-state index is 0.0582. The van der Waals surface area contributed by atoms with Gasteiger partial charge in [0.25, 0.3) is 0 Å². The summed E-state index contributed by atoms with van der Waals surface area (Å²) in [5.41, 5.74) is 1.96. The molecule has 9 nitrogen and oxygen atoms in total. The van der Waals surface area contributed by atoms with Crippen LogP contribution in [-0.2, 0) is 32.7 Å². The van der Waals surface area contributed by atoms with Crippen LogP contribution in [0.4, 0.5) is 4.39 Å². The molecule has 0 bridgehead atoms. The zero-order valence-electron chi connectivity index (χ0n) is 29.8. The molecule has 6 rings (SSSR count). The molecule has 0 aliphatic carbocycles. The van der Waals surface area contributed by atoms with Crippen molar-refractivity contribution in [1.29, 1.82) is 0 Å². The Morgan fingerprint density at radius 1 is 0.804 bits per heavy atom. The van der Waals surface area contributed by atoms with E-state index in [1.807, 2.05) is 54.6 Å². The predicted molar refractivity (Wildman–Crippen MR) is 196 cm³/mol. The van der Waals surface area contributed by atoms with Crippen LogP contribution < -0.4 is 10.6 Å². The summed E-state index contributed by atoms with van der Waals surface area (Å²) in [6.07, 6.45) is 3.05. The van der Waals surface area contributed by atoms with Gasteiger partial charge in [-0.3, -0.25) is 10.1 Å². The van der Waals surface area contributed by atoms with Gasteiger partial charge in [-0.1, -0.05) is 122 Å². The molecule has 1 atom stereocenters. The van der Waals surface area contributed by atoms with Crippen LogP contribution in [0.1, 0.15) is 81.1 Å². The Hall–Kier alpha value is -4.71. The van der Waals surface area contributed by atoms with Crippen molar-refractivity contribution in [2.24, 2.45) is 0 Å². The first-order chi connectivity index (χ1) is 24.6. The lowest BCUT2D eigenvalue weighted by molar-refractivity contribution is -0.122. The average molecular weight is 689 g/mol. The van der Waals surface area contributed by atoms with Gasteiger partial charge in [0.1, 0.15) is 12.4 Å². The average Bonchev–Trinajstić information content (AvgIpc) is 3.67. The number of unbranched alkanes of at least 4 members (excludes halogenated alkanes) is 1. The standard InChI is InChI=1S/C40H46BFN6O3/c1-38(2)39(3,4)51-41(50-38)27-17-16-26-35(37-45-46-47-48(37)29-36(49)43-28-30-18-14-15-25-34(30)42)44-40(31-19-8-5-9-20-31,32-21-10-6-11-22-32)33-23-12-7-13-24-33/h5-15,18-25,35,44H,16-17,26-29H2,1-4H3,(H,43,49). The predicted octanol–water partition coefficient (Wildman–Crippen LogP) is 7.01. The van der Waals surface area contributed by atoms with Gasteiger partial charge in [0, 0.05) is 12.1 Å². The van der Waals surface area contributed by atoms with Crippen LogP contribution in [0.5, 0.6) is 0 Å². The quantitative estimate of drug-likeness (QED) is 0.0693. The first kappa shape index (κ1) is 36.1. The maximum absolute atomic E-state index is 14.3. The highest BCUT2D eigenvalue weighted by Gasteiger charge is 2.50. The molecule has 0 radical (unpaired) electrons. The summed E-state index contributed by atoms with van der Waals surface area (Å²) in [6, 6.07) is 37.1. The summed E-state index contributed by atoms with van der Waals surface area (Å²) in [4.78, 5) is 13.2. The highest BCUT2D eigenvalue weighted by molar-refractivity contribution is 6.45. The van der Waals surface area contributed by atoms with Crippen LogP contribution in [0.25, 0.3) is 0 Å². The second kappa shape index (κ2) is 15.7. The molecule has 2 N–H and O–H groups in total. The van der Waals surface area contributed by atoms with Crippen molar-refractivity contribution in [1.82, 2.24) is 30.8 Å². The number of carbonyl (C=O) groups excluding carboxylic acids is 1. The number of carbonyl (C=O) groups is 1. The summed E-state index contributed by atoms with van der Waals surface area (Å²) in [5, 5.41) is 19.7. The van der Waals surface area contributed by atoms with Crippen LogP contribution in [-0.4, -0.2) is 44.4 Å². The monoisotopic (exact) mass is 688 g/mol. The third-order valence-electron chi connectivity index (χ3n) is 10.1. The second-order valence-corrected chi connectivity index (χ2v) is 14.1. The number of aromatic nitrogens is 4. The van der Waals surface area contributed by atoms with Gasteiger partial charge < -0.3 is 14.6 Å². The second-order valence-electron chi connectivity index (χ2n) is 14.1. The van der Waals surface area contributed by atoms with Gasteiger partial charge in [0.2, 0.25) is 5.91 Å². The van der Waals surface area contributed by atoms with Gasteiger partial charge in [-0.05, 0) is 73.6 Å². The Labute approximate surface area is 300 Å². The van der Waals surface area contributed by atoms with Crippen LogP contribution >= 0.6 is 0 Å². The van der Waals surface area contributed by atoms with Gasteiger partial charge in [0.15, 0.2) is 5.82 Å². The molecule has 264 valence electrons. The Morgan fingerprint density at radius 2 is 1.33 bits per heavy atom. The van der Waals surface area contributed by atoms with Crippen molar-refractivity contribution < 1.29 is 18.5 Å². The van der Waals surface area contributed by atoms with E-state index in [4.69, 9.17) is 9.31 Å². The largest absolute Gasteiger partial charge is 0.457 e. The Morgan fingerprint density at radius 3 is 1.88 bits per heavy atom. The molecular formula is C40H46BFN6O3. The number of nitrogens with zero attached hydrogens (tertiary/aromatic N) is 4. The lowest BCUT2D eigenvalue weighted by Gasteiger charge is -2.40. The molecule has 1 amide bonds. The number of hydrogen-bond acceptors (Lipinski definition) is 7. The molecule has 11 heteroatoms. The van der Waals surface area contributed by atoms with E-state index < -0.39 is 22.8 Å². The fourth-order valence-electron chi connectivity index (χ4n) is 6.69. The fraction of sp³-hybridized carbons (Fsp3) is 0.350. The van der Waals surface area contributed by atoms with Crippen LogP contribution in [0, 0.1) is 5.82 Å². The van der Waals surface area contributed by atoms with E-state index in [2.05, 4.69) is 90.3 Å². The number of nitrogens with one attached hydrogen (secondary N) is 2. The molecule has 1 saturated heterocycles. The van der Waals surface area contributed by atoms with Crippen molar-refractivity contribution in [3.8, 4) is 0 Å². The van der Waals surface area contributed by atoms with E-state index in [1.165, 1.54) is 10.7 Å². The smallest absolute Gasteiger partial charge is 0.403 e. The van der Waals surface area contributed by atoms with E-state index >= 15 is 0 Å². The molecule has 1 fully saturated rings. The lowest BCUT2D eigenvalue weighted by Crippen LogP contribution is -2.47. The molecule has 1 aliphatic heterocycles. The molecule has 1 unspecified atom stereocenters. The molecule has 0 saturated carbocycles. The highest BCUT2D eigenvalue weighted by Crippen LogP contribution is 2.41. The van der Waals surface area contributed by atoms with E-state index in [1.54, 1.807) is 18.2 Å². The van der Waals surface area contributed by atoms with Gasteiger partial charge in [-0.2, -0.15) is 0 Å². The van der Waals surface area contributed by atoms with Crippen molar-refractivity contribution in [3.05, 3.63) is 149 Å². The minimum Gasteiger partial charge on any atom is -0.403 e. The van der Waals surface area contributed by atoms with E-state index in [9.17, 15) is 9.18 Å². The van der Waals surface area contributed by atoms with E-state index in [0.29, 0.717) is 17.8 Å². The van der Waals surface area contributed by atoms with E-state index in [-0.39, 0.29) is 31.9 Å². The zero-order chi connectivity index (χ0) is 35.9. The number of hydrogen-bond donors (Lipinski definition) is 2. The lowest BCUT2D eigenvalue weighted by atomic mass is 9.76. The maximum Gasteiger partial charge on any atom is 0.457 e. The Kier molecular flexibility index (Phi) is 11.1. The van der Waals surface area contributed by atoms with Gasteiger partial charge in [0.05, 0.1) is 22.8 Å². The minimum atomic E-state index is -0.802. The topological polar surface area (TPSA) is 103 Å².